The number of rotatable bonds is 18. The van der Waals surface area contributed by atoms with Gasteiger partial charge in [0.25, 0.3) is 0 Å². The van der Waals surface area contributed by atoms with Gasteiger partial charge in [-0.2, -0.15) is 0 Å². The molecular weight excluding hydrogens is 863 g/mol. The number of carboxylic acid groups (broad SMARTS) is 2. The molecule has 6 rings (SSSR count). The largest absolute Gasteiger partial charge is 0.480 e. The Bertz CT molecular complexity index is 1990. The van der Waals surface area contributed by atoms with E-state index in [1.165, 1.54) is 9.80 Å². The Balaban J connectivity index is 0.000000330. The highest BCUT2D eigenvalue weighted by Crippen LogP contribution is 2.29. The van der Waals surface area contributed by atoms with Crippen molar-refractivity contribution < 1.29 is 48.5 Å². The van der Waals surface area contributed by atoms with Crippen LogP contribution in [0.3, 0.4) is 0 Å². The van der Waals surface area contributed by atoms with Crippen molar-refractivity contribution in [3.63, 3.8) is 0 Å². The third-order valence-corrected chi connectivity index (χ3v) is 10.8. The fourth-order valence-electron chi connectivity index (χ4n) is 7.76. The number of hydrogen-bond donors (Lipinski definition) is 4. The van der Waals surface area contributed by atoms with Crippen molar-refractivity contribution in [2.24, 2.45) is 0 Å². The van der Waals surface area contributed by atoms with Crippen molar-refractivity contribution in [2.75, 3.05) is 36.1 Å². The maximum atomic E-state index is 13.3. The van der Waals surface area contributed by atoms with Crippen LogP contribution in [0.2, 0.25) is 0 Å². The Morgan fingerprint density at radius 3 is 1.27 bits per heavy atom. The SMILES string of the molecule is CCOC(=O)[C@H](CCc1ccccc1)N[C@H]1CCc2ccccc2N(CC(=O)O)C1=O.CCOC(=O)[C@H](CCc1ccccc1)N[C@H]1CCc2ccccc2N(CC(=O)O)C1=O.Cl.Cl. The first-order chi connectivity index (χ1) is 30.0. The zero-order valence-electron chi connectivity index (χ0n) is 36.1. The van der Waals surface area contributed by atoms with Gasteiger partial charge in [0.05, 0.1) is 25.3 Å². The number of nitrogens with zero attached hydrogens (tertiary/aromatic N) is 2. The van der Waals surface area contributed by atoms with Crippen LogP contribution in [0, 0.1) is 0 Å². The lowest BCUT2D eigenvalue weighted by atomic mass is 10.0. The molecule has 4 N–H and O–H groups in total. The summed E-state index contributed by atoms with van der Waals surface area (Å²) in [5, 5.41) is 25.1. The maximum absolute atomic E-state index is 13.3. The van der Waals surface area contributed by atoms with Gasteiger partial charge in [-0.1, -0.05) is 97.1 Å². The average Bonchev–Trinajstić information content (AvgIpc) is 3.48. The summed E-state index contributed by atoms with van der Waals surface area (Å²) in [6, 6.07) is 31.5. The van der Waals surface area contributed by atoms with Crippen molar-refractivity contribution >= 4 is 71.9 Å². The Labute approximate surface area is 386 Å². The lowest BCUT2D eigenvalue weighted by Gasteiger charge is -2.27. The molecule has 4 atom stereocenters. The molecule has 2 amide bonds. The van der Waals surface area contributed by atoms with E-state index in [0.717, 1.165) is 22.3 Å². The van der Waals surface area contributed by atoms with Crippen LogP contribution in [0.4, 0.5) is 11.4 Å². The lowest BCUT2D eigenvalue weighted by Crippen LogP contribution is -2.53. The first-order valence-corrected chi connectivity index (χ1v) is 21.1. The molecule has 0 unspecified atom stereocenters. The van der Waals surface area contributed by atoms with Gasteiger partial charge in [0, 0.05) is 11.4 Å². The van der Waals surface area contributed by atoms with E-state index in [4.69, 9.17) is 9.47 Å². The van der Waals surface area contributed by atoms with Crippen LogP contribution in [0.25, 0.3) is 0 Å². The number of halogens is 2. The Morgan fingerprint density at radius 2 is 0.922 bits per heavy atom. The molecule has 2 heterocycles. The predicted molar refractivity (Wildman–Crippen MR) is 248 cm³/mol. The zero-order chi connectivity index (χ0) is 44.4. The maximum Gasteiger partial charge on any atom is 0.323 e. The molecule has 344 valence electrons. The minimum Gasteiger partial charge on any atom is -0.480 e. The van der Waals surface area contributed by atoms with Gasteiger partial charge in [-0.15, -0.1) is 24.8 Å². The van der Waals surface area contributed by atoms with E-state index in [2.05, 4.69) is 10.6 Å². The Kier molecular flexibility index (Phi) is 22.0. The van der Waals surface area contributed by atoms with E-state index in [-0.39, 0.29) is 49.8 Å². The summed E-state index contributed by atoms with van der Waals surface area (Å²) < 4.78 is 10.5. The van der Waals surface area contributed by atoms with Gasteiger partial charge in [0.2, 0.25) is 11.8 Å². The highest BCUT2D eigenvalue weighted by molar-refractivity contribution is 6.03. The molecule has 0 saturated heterocycles. The third kappa shape index (κ3) is 15.2. The van der Waals surface area contributed by atoms with Crippen LogP contribution in [0.15, 0.2) is 109 Å². The van der Waals surface area contributed by atoms with E-state index in [0.29, 0.717) is 62.7 Å². The molecule has 4 aromatic rings. The number of anilines is 2. The molecule has 2 aliphatic rings. The number of nitrogens with one attached hydrogen (secondary N) is 2. The normalized spacial score (nSPS) is 16.3. The molecule has 4 aromatic carbocycles. The summed E-state index contributed by atoms with van der Waals surface area (Å²) in [4.78, 5) is 77.2. The van der Waals surface area contributed by atoms with Crippen LogP contribution in [-0.2, 0) is 63.9 Å². The summed E-state index contributed by atoms with van der Waals surface area (Å²) >= 11 is 0. The number of para-hydroxylation sites is 2. The van der Waals surface area contributed by atoms with Crippen LogP contribution in [-0.4, -0.2) is 96.4 Å². The summed E-state index contributed by atoms with van der Waals surface area (Å²) in [5.74, 6) is -3.68. The summed E-state index contributed by atoms with van der Waals surface area (Å²) in [6.07, 6.45) is 4.37. The highest BCUT2D eigenvalue weighted by atomic mass is 35.5. The first-order valence-electron chi connectivity index (χ1n) is 21.1. The number of benzene rings is 4. The molecule has 0 fully saturated rings. The minimum absolute atomic E-state index is 0. The van der Waals surface area contributed by atoms with E-state index >= 15 is 0 Å². The van der Waals surface area contributed by atoms with Gasteiger partial charge >= 0.3 is 23.9 Å². The van der Waals surface area contributed by atoms with Crippen molar-refractivity contribution in [1.29, 1.82) is 0 Å². The van der Waals surface area contributed by atoms with Gasteiger partial charge in [-0.05, 0) is 99.6 Å². The molecule has 0 aliphatic carbocycles. The highest BCUT2D eigenvalue weighted by Gasteiger charge is 2.36. The number of ether oxygens (including phenoxy) is 2. The lowest BCUT2D eigenvalue weighted by molar-refractivity contribution is -0.147. The quantitative estimate of drug-likeness (QED) is 0.0855. The van der Waals surface area contributed by atoms with Crippen LogP contribution in [0.5, 0.6) is 0 Å². The second kappa shape index (κ2) is 26.7. The van der Waals surface area contributed by atoms with Crippen LogP contribution in [0.1, 0.15) is 61.8 Å². The zero-order valence-corrected chi connectivity index (χ0v) is 37.7. The van der Waals surface area contributed by atoms with Gasteiger partial charge in [0.1, 0.15) is 25.2 Å². The van der Waals surface area contributed by atoms with Gasteiger partial charge in [-0.3, -0.25) is 49.2 Å². The molecule has 0 spiro atoms. The molecule has 14 nitrogen and oxygen atoms in total. The number of hydrogen-bond acceptors (Lipinski definition) is 10. The molecule has 2 aliphatic heterocycles. The predicted octanol–water partition coefficient (Wildman–Crippen LogP) is 5.99. The summed E-state index contributed by atoms with van der Waals surface area (Å²) in [7, 11) is 0. The smallest absolute Gasteiger partial charge is 0.323 e. The second-order valence-corrected chi connectivity index (χ2v) is 15.1. The fourth-order valence-corrected chi connectivity index (χ4v) is 7.76. The fraction of sp³-hybridized carbons (Fsp3) is 0.375. The molecule has 64 heavy (non-hydrogen) atoms. The molecule has 0 saturated carbocycles. The number of esters is 2. The first kappa shape index (κ1) is 52.5. The minimum atomic E-state index is -1.09. The Morgan fingerprint density at radius 1 is 0.578 bits per heavy atom. The Hall–Kier alpha value is -5.80. The second-order valence-electron chi connectivity index (χ2n) is 15.1. The van der Waals surface area contributed by atoms with Gasteiger partial charge in [-0.25, -0.2) is 0 Å². The van der Waals surface area contributed by atoms with Crippen molar-refractivity contribution in [3.8, 4) is 0 Å². The number of amides is 2. The van der Waals surface area contributed by atoms with E-state index in [1.54, 1.807) is 38.1 Å². The number of fused-ring (bicyclic) bond motifs is 2. The molecule has 0 bridgehead atoms. The molecule has 0 aromatic heterocycles. The van der Waals surface area contributed by atoms with E-state index in [1.807, 2.05) is 84.9 Å². The van der Waals surface area contributed by atoms with Gasteiger partial charge < -0.3 is 19.7 Å². The van der Waals surface area contributed by atoms with Crippen LogP contribution < -0.4 is 20.4 Å². The number of carbonyl (C=O) groups is 6. The third-order valence-electron chi connectivity index (χ3n) is 10.8. The topological polar surface area (TPSA) is 192 Å². The summed E-state index contributed by atoms with van der Waals surface area (Å²) in [6.45, 7) is 3.13. The number of aryl methyl sites for hydroxylation is 4. The molecule has 16 heteroatoms. The van der Waals surface area contributed by atoms with Crippen molar-refractivity contribution in [3.05, 3.63) is 131 Å². The number of aliphatic carboxylic acids is 2. The molecular formula is C48H58Cl2N4O10. The van der Waals surface area contributed by atoms with Gasteiger partial charge in [0.15, 0.2) is 0 Å². The number of carbonyl (C=O) groups excluding carboxylic acids is 4. The standard InChI is InChI=1S/2C24H28N2O5.2ClH/c2*1-2-31-24(30)20(14-12-17-8-4-3-5-9-17)25-19-15-13-18-10-6-7-11-21(18)26(23(19)29)16-22(27)28;;/h2*3-11,19-20,25H,2,12-16H2,1H3,(H,27,28);2*1H/t2*19-,20-;;/m00../s1. The number of carboxylic acids is 2. The summed E-state index contributed by atoms with van der Waals surface area (Å²) in [5.41, 5.74) is 5.22. The average molecular weight is 922 g/mol. The van der Waals surface area contributed by atoms with Crippen LogP contribution >= 0.6 is 24.8 Å². The van der Waals surface area contributed by atoms with Crippen molar-refractivity contribution in [2.45, 2.75) is 89.4 Å². The van der Waals surface area contributed by atoms with E-state index < -0.39 is 61.1 Å². The van der Waals surface area contributed by atoms with E-state index in [9.17, 15) is 39.0 Å². The molecule has 0 radical (unpaired) electrons. The monoisotopic (exact) mass is 920 g/mol. The van der Waals surface area contributed by atoms with Crippen molar-refractivity contribution in [1.82, 2.24) is 10.6 Å².